The van der Waals surface area contributed by atoms with Crippen molar-refractivity contribution in [2.24, 2.45) is 0 Å². The van der Waals surface area contributed by atoms with Gasteiger partial charge < -0.3 is 4.74 Å². The Kier molecular flexibility index (Phi) is 4.76. The monoisotopic (exact) mass is 330 g/mol. The lowest BCUT2D eigenvalue weighted by Crippen LogP contribution is -2.18. The van der Waals surface area contributed by atoms with E-state index in [4.69, 9.17) is 4.74 Å². The number of fused-ring (bicyclic) bond motifs is 1. The number of ether oxygens (including phenoxy) is 1. The van der Waals surface area contributed by atoms with Gasteiger partial charge in [0.15, 0.2) is 5.78 Å². The van der Waals surface area contributed by atoms with E-state index in [0.29, 0.717) is 5.69 Å². The van der Waals surface area contributed by atoms with Gasteiger partial charge in [0.1, 0.15) is 11.7 Å². The van der Waals surface area contributed by atoms with Gasteiger partial charge in [-0.05, 0) is 40.6 Å². The molecule has 0 saturated heterocycles. The second-order valence-corrected chi connectivity index (χ2v) is 5.91. The molecule has 4 heteroatoms. The number of Topliss-reactive ketones (excluding diaryl/α,β-unsaturated/α-hetero) is 1. The van der Waals surface area contributed by atoms with Gasteiger partial charge in [-0.1, -0.05) is 37.3 Å². The predicted octanol–water partition coefficient (Wildman–Crippen LogP) is 4.22. The van der Waals surface area contributed by atoms with Crippen LogP contribution in [0.1, 0.15) is 30.0 Å². The summed E-state index contributed by atoms with van der Waals surface area (Å²) in [6, 6.07) is 19.1. The molecular formula is C21H18N2O2. The van der Waals surface area contributed by atoms with E-state index in [0.717, 1.165) is 22.1 Å². The number of aromatic nitrogens is 1. The molecule has 0 unspecified atom stereocenters. The lowest BCUT2D eigenvalue weighted by Gasteiger charge is -2.15. The van der Waals surface area contributed by atoms with Crippen LogP contribution < -0.4 is 4.74 Å². The fraction of sp³-hybridized carbons (Fsp3) is 0.190. The molecule has 1 aromatic heterocycles. The highest BCUT2D eigenvalue weighted by Crippen LogP contribution is 2.28. The normalized spacial score (nSPS) is 13.0. The summed E-state index contributed by atoms with van der Waals surface area (Å²) < 4.78 is 5.24. The van der Waals surface area contributed by atoms with E-state index in [1.165, 1.54) is 0 Å². The van der Waals surface area contributed by atoms with E-state index in [1.807, 2.05) is 43.3 Å². The Hall–Kier alpha value is -3.19. The minimum atomic E-state index is -0.859. The molecule has 0 aliphatic carbocycles. The van der Waals surface area contributed by atoms with Gasteiger partial charge in [-0.15, -0.1) is 0 Å². The molecule has 0 fully saturated rings. The molecule has 0 N–H and O–H groups in total. The molecule has 0 spiro atoms. The summed E-state index contributed by atoms with van der Waals surface area (Å²) in [4.78, 5) is 17.0. The second kappa shape index (κ2) is 7.14. The quantitative estimate of drug-likeness (QED) is 0.702. The first-order valence-electron chi connectivity index (χ1n) is 8.06. The fourth-order valence-corrected chi connectivity index (χ4v) is 2.88. The maximum Gasteiger partial charge on any atom is 0.163 e. The highest BCUT2D eigenvalue weighted by Gasteiger charge is 2.27. The van der Waals surface area contributed by atoms with Crippen LogP contribution in [0.5, 0.6) is 5.75 Å². The average molecular weight is 330 g/mol. The van der Waals surface area contributed by atoms with Crippen molar-refractivity contribution >= 4 is 16.6 Å². The van der Waals surface area contributed by atoms with E-state index < -0.39 is 11.8 Å². The van der Waals surface area contributed by atoms with Crippen molar-refractivity contribution in [3.05, 3.63) is 72.1 Å². The smallest absolute Gasteiger partial charge is 0.163 e. The summed E-state index contributed by atoms with van der Waals surface area (Å²) in [6.07, 6.45) is 1.60. The number of methoxy groups -OCH3 is 1. The van der Waals surface area contributed by atoms with Crippen LogP contribution in [0.25, 0.3) is 10.8 Å². The van der Waals surface area contributed by atoms with Crippen molar-refractivity contribution in [1.29, 1.82) is 5.26 Å². The van der Waals surface area contributed by atoms with Crippen molar-refractivity contribution < 1.29 is 9.53 Å². The number of ketones is 1. The minimum absolute atomic E-state index is 0.144. The number of pyridine rings is 1. The zero-order valence-corrected chi connectivity index (χ0v) is 14.1. The van der Waals surface area contributed by atoms with Crippen LogP contribution in [0, 0.1) is 11.3 Å². The molecule has 0 aliphatic heterocycles. The average Bonchev–Trinajstić information content (AvgIpc) is 2.67. The van der Waals surface area contributed by atoms with Crippen molar-refractivity contribution in [2.75, 3.05) is 7.11 Å². The van der Waals surface area contributed by atoms with Crippen LogP contribution in [0.3, 0.4) is 0 Å². The zero-order chi connectivity index (χ0) is 17.8. The number of hydrogen-bond donors (Lipinski definition) is 0. The van der Waals surface area contributed by atoms with Gasteiger partial charge in [-0.25, -0.2) is 0 Å². The van der Waals surface area contributed by atoms with Gasteiger partial charge in [0.05, 0.1) is 18.9 Å². The van der Waals surface area contributed by atoms with E-state index in [-0.39, 0.29) is 5.78 Å². The van der Waals surface area contributed by atoms with Crippen molar-refractivity contribution in [1.82, 2.24) is 4.98 Å². The van der Waals surface area contributed by atoms with Gasteiger partial charge in [-0.3, -0.25) is 9.78 Å². The molecule has 25 heavy (non-hydrogen) atoms. The summed E-state index contributed by atoms with van der Waals surface area (Å²) in [7, 11) is 1.63. The number of nitriles is 1. The molecule has 2 atom stereocenters. The third kappa shape index (κ3) is 3.36. The van der Waals surface area contributed by atoms with Crippen molar-refractivity contribution in [3.63, 3.8) is 0 Å². The number of rotatable bonds is 5. The van der Waals surface area contributed by atoms with Crippen molar-refractivity contribution in [3.8, 4) is 11.8 Å². The summed E-state index contributed by atoms with van der Waals surface area (Å²) in [5, 5.41) is 11.5. The Labute approximate surface area is 146 Å². The van der Waals surface area contributed by atoms with Crippen LogP contribution in [-0.2, 0) is 4.79 Å². The second-order valence-electron chi connectivity index (χ2n) is 5.91. The van der Waals surface area contributed by atoms with Crippen LogP contribution >= 0.6 is 0 Å². The maximum absolute atomic E-state index is 12.8. The number of carbonyl (C=O) groups is 1. The molecule has 0 radical (unpaired) electrons. The van der Waals surface area contributed by atoms with Gasteiger partial charge >= 0.3 is 0 Å². The highest BCUT2D eigenvalue weighted by molar-refractivity contribution is 5.94. The van der Waals surface area contributed by atoms with Crippen LogP contribution in [0.2, 0.25) is 0 Å². The lowest BCUT2D eigenvalue weighted by molar-refractivity contribution is -0.120. The first-order valence-corrected chi connectivity index (χ1v) is 8.06. The Balaban J connectivity index is 1.91. The van der Waals surface area contributed by atoms with E-state index in [9.17, 15) is 10.1 Å². The molecule has 4 nitrogen and oxygen atoms in total. The first kappa shape index (κ1) is 16.7. The fourth-order valence-electron chi connectivity index (χ4n) is 2.88. The number of carbonyl (C=O) groups excluding carboxylic acids is 1. The maximum atomic E-state index is 12.8. The van der Waals surface area contributed by atoms with Crippen molar-refractivity contribution in [2.45, 2.75) is 18.8 Å². The van der Waals surface area contributed by atoms with Crippen LogP contribution in [0.4, 0.5) is 0 Å². The van der Waals surface area contributed by atoms with Gasteiger partial charge in [0, 0.05) is 12.1 Å². The minimum Gasteiger partial charge on any atom is -0.497 e. The standard InChI is InChI=1S/C21H18N2O2/c1-14(21(24)19(13-22)20-5-3-4-10-23-20)15-6-7-17-12-18(25-2)9-8-16(17)11-15/h3-12,14,19H,1-2H3/t14-,19-/m0/s1. The van der Waals surface area contributed by atoms with Gasteiger partial charge in [0.2, 0.25) is 0 Å². The Morgan fingerprint density at radius 2 is 1.88 bits per heavy atom. The summed E-state index contributed by atoms with van der Waals surface area (Å²) in [5.41, 5.74) is 1.38. The van der Waals surface area contributed by atoms with Crippen LogP contribution in [0.15, 0.2) is 60.8 Å². The molecule has 0 aliphatic rings. The Morgan fingerprint density at radius 3 is 2.56 bits per heavy atom. The first-order chi connectivity index (χ1) is 12.1. The third-order valence-corrected chi connectivity index (χ3v) is 4.40. The van der Waals surface area contributed by atoms with E-state index in [1.54, 1.807) is 31.5 Å². The largest absolute Gasteiger partial charge is 0.497 e. The molecule has 124 valence electrons. The summed E-state index contributed by atoms with van der Waals surface area (Å²) in [5.74, 6) is -0.598. The molecule has 0 saturated carbocycles. The topological polar surface area (TPSA) is 63.0 Å². The van der Waals surface area contributed by atoms with E-state index in [2.05, 4.69) is 11.1 Å². The van der Waals surface area contributed by atoms with Gasteiger partial charge in [-0.2, -0.15) is 5.26 Å². The predicted molar refractivity (Wildman–Crippen MR) is 96.5 cm³/mol. The lowest BCUT2D eigenvalue weighted by atomic mass is 9.86. The third-order valence-electron chi connectivity index (χ3n) is 4.40. The molecule has 3 aromatic rings. The summed E-state index contributed by atoms with van der Waals surface area (Å²) in [6.45, 7) is 1.83. The molecular weight excluding hydrogens is 312 g/mol. The molecule has 2 aromatic carbocycles. The van der Waals surface area contributed by atoms with Gasteiger partial charge in [0.25, 0.3) is 0 Å². The molecule has 0 bridgehead atoms. The Bertz CT molecular complexity index is 945. The molecule has 1 heterocycles. The van der Waals surface area contributed by atoms with E-state index >= 15 is 0 Å². The molecule has 0 amide bonds. The number of benzene rings is 2. The Morgan fingerprint density at radius 1 is 1.12 bits per heavy atom. The highest BCUT2D eigenvalue weighted by atomic mass is 16.5. The number of nitrogens with zero attached hydrogens (tertiary/aromatic N) is 2. The number of hydrogen-bond acceptors (Lipinski definition) is 4. The zero-order valence-electron chi connectivity index (χ0n) is 14.1. The SMILES string of the molecule is COc1ccc2cc([C@H](C)C(=O)[C@@H](C#N)c3ccccn3)ccc2c1. The van der Waals surface area contributed by atoms with Crippen LogP contribution in [-0.4, -0.2) is 17.9 Å². The summed E-state index contributed by atoms with van der Waals surface area (Å²) >= 11 is 0. The molecule has 3 rings (SSSR count).